The van der Waals surface area contributed by atoms with E-state index in [0.717, 1.165) is 6.42 Å². The Labute approximate surface area is 115 Å². The summed E-state index contributed by atoms with van der Waals surface area (Å²) >= 11 is 3.54. The van der Waals surface area contributed by atoms with Gasteiger partial charge in [-0.25, -0.2) is 0 Å². The van der Waals surface area contributed by atoms with Gasteiger partial charge < -0.3 is 5.73 Å². The molecule has 1 unspecified atom stereocenters. The molecule has 0 aliphatic carbocycles. The average Bonchev–Trinajstić information content (AvgIpc) is 2.97. The third-order valence-electron chi connectivity index (χ3n) is 3.30. The number of benzene rings is 1. The van der Waals surface area contributed by atoms with Gasteiger partial charge in [-0.1, -0.05) is 18.2 Å². The summed E-state index contributed by atoms with van der Waals surface area (Å²) in [6.45, 7) is 2.14. The predicted molar refractivity (Wildman–Crippen MR) is 81.5 cm³/mol. The van der Waals surface area contributed by atoms with E-state index in [9.17, 15) is 0 Å². The fourth-order valence-corrected chi connectivity index (χ4v) is 4.18. The SMILES string of the molecule is Cc1cscc1C(N)Cc1csc2ccccc12. The molecule has 2 heterocycles. The van der Waals surface area contributed by atoms with Crippen molar-refractivity contribution in [2.45, 2.75) is 19.4 Å². The van der Waals surface area contributed by atoms with Gasteiger partial charge in [0.05, 0.1) is 0 Å². The monoisotopic (exact) mass is 273 g/mol. The van der Waals surface area contributed by atoms with E-state index >= 15 is 0 Å². The van der Waals surface area contributed by atoms with Crippen LogP contribution in [0.2, 0.25) is 0 Å². The molecule has 0 fully saturated rings. The maximum absolute atomic E-state index is 6.33. The molecule has 18 heavy (non-hydrogen) atoms. The van der Waals surface area contributed by atoms with E-state index in [4.69, 9.17) is 5.73 Å². The lowest BCUT2D eigenvalue weighted by molar-refractivity contribution is 0.725. The Morgan fingerprint density at radius 1 is 1.17 bits per heavy atom. The van der Waals surface area contributed by atoms with E-state index in [-0.39, 0.29) is 6.04 Å². The minimum Gasteiger partial charge on any atom is -0.324 e. The van der Waals surface area contributed by atoms with Crippen molar-refractivity contribution >= 4 is 32.8 Å². The number of aryl methyl sites for hydroxylation is 1. The number of hydrogen-bond donors (Lipinski definition) is 1. The minimum atomic E-state index is 0.106. The quantitative estimate of drug-likeness (QED) is 0.746. The Kier molecular flexibility index (Phi) is 3.20. The molecule has 0 spiro atoms. The van der Waals surface area contributed by atoms with Crippen LogP contribution in [-0.2, 0) is 6.42 Å². The van der Waals surface area contributed by atoms with Gasteiger partial charge in [0.25, 0.3) is 0 Å². The maximum Gasteiger partial charge on any atom is 0.0347 e. The van der Waals surface area contributed by atoms with Crippen molar-refractivity contribution < 1.29 is 0 Å². The van der Waals surface area contributed by atoms with Gasteiger partial charge in [-0.05, 0) is 57.6 Å². The minimum absolute atomic E-state index is 0.106. The second-order valence-electron chi connectivity index (χ2n) is 4.58. The molecule has 0 bridgehead atoms. The summed E-state index contributed by atoms with van der Waals surface area (Å²) in [7, 11) is 0. The van der Waals surface area contributed by atoms with Crippen LogP contribution in [0.4, 0.5) is 0 Å². The van der Waals surface area contributed by atoms with E-state index in [0.29, 0.717) is 0 Å². The lowest BCUT2D eigenvalue weighted by Crippen LogP contribution is -2.13. The summed E-state index contributed by atoms with van der Waals surface area (Å²) in [5.41, 5.74) is 10.3. The third-order valence-corrected chi connectivity index (χ3v) is 5.19. The molecule has 1 atom stereocenters. The Bertz CT molecular complexity index is 666. The Morgan fingerprint density at radius 3 is 2.78 bits per heavy atom. The second kappa shape index (κ2) is 4.84. The lowest BCUT2D eigenvalue weighted by Gasteiger charge is -2.11. The van der Waals surface area contributed by atoms with E-state index in [1.54, 1.807) is 22.7 Å². The lowest BCUT2D eigenvalue weighted by atomic mass is 9.99. The van der Waals surface area contributed by atoms with E-state index in [2.05, 4.69) is 47.3 Å². The number of nitrogens with two attached hydrogens (primary N) is 1. The molecule has 1 aromatic carbocycles. The molecule has 0 amide bonds. The van der Waals surface area contributed by atoms with Crippen LogP contribution in [0.25, 0.3) is 10.1 Å². The zero-order valence-corrected chi connectivity index (χ0v) is 11.9. The molecule has 3 aromatic rings. The van der Waals surface area contributed by atoms with Crippen molar-refractivity contribution in [1.82, 2.24) is 0 Å². The molecule has 3 heteroatoms. The van der Waals surface area contributed by atoms with E-state index in [1.165, 1.54) is 26.8 Å². The van der Waals surface area contributed by atoms with Crippen LogP contribution in [-0.4, -0.2) is 0 Å². The van der Waals surface area contributed by atoms with Gasteiger partial charge in [0.1, 0.15) is 0 Å². The van der Waals surface area contributed by atoms with Crippen LogP contribution >= 0.6 is 22.7 Å². The molecule has 0 aliphatic rings. The summed E-state index contributed by atoms with van der Waals surface area (Å²) in [6, 6.07) is 8.65. The largest absolute Gasteiger partial charge is 0.324 e. The molecule has 1 nitrogen and oxygen atoms in total. The molecule has 0 saturated heterocycles. The van der Waals surface area contributed by atoms with Gasteiger partial charge in [0.2, 0.25) is 0 Å². The summed E-state index contributed by atoms with van der Waals surface area (Å²) < 4.78 is 1.35. The van der Waals surface area contributed by atoms with Crippen LogP contribution in [0.3, 0.4) is 0 Å². The Morgan fingerprint density at radius 2 is 2.00 bits per heavy atom. The first-order valence-electron chi connectivity index (χ1n) is 5.99. The summed E-state index contributed by atoms with van der Waals surface area (Å²) in [5, 5.41) is 7.94. The van der Waals surface area contributed by atoms with Gasteiger partial charge in [-0.3, -0.25) is 0 Å². The summed E-state index contributed by atoms with van der Waals surface area (Å²) in [6.07, 6.45) is 0.918. The molecule has 0 saturated carbocycles. The van der Waals surface area contributed by atoms with Crippen molar-refractivity contribution in [3.05, 3.63) is 57.1 Å². The zero-order chi connectivity index (χ0) is 12.5. The van der Waals surface area contributed by atoms with E-state index < -0.39 is 0 Å². The first-order valence-corrected chi connectivity index (χ1v) is 7.81. The number of thiophene rings is 2. The van der Waals surface area contributed by atoms with Crippen LogP contribution < -0.4 is 5.73 Å². The van der Waals surface area contributed by atoms with Crippen LogP contribution in [0.15, 0.2) is 40.4 Å². The molecule has 0 aliphatic heterocycles. The highest BCUT2D eigenvalue weighted by atomic mass is 32.1. The second-order valence-corrected chi connectivity index (χ2v) is 6.23. The fraction of sp³-hybridized carbons (Fsp3) is 0.200. The molecule has 0 radical (unpaired) electrons. The zero-order valence-electron chi connectivity index (χ0n) is 10.2. The average molecular weight is 273 g/mol. The highest BCUT2D eigenvalue weighted by Gasteiger charge is 2.13. The Balaban J connectivity index is 1.91. The summed E-state index contributed by atoms with van der Waals surface area (Å²) in [4.78, 5) is 0. The van der Waals surface area contributed by atoms with Crippen LogP contribution in [0, 0.1) is 6.92 Å². The van der Waals surface area contributed by atoms with Gasteiger partial charge in [0.15, 0.2) is 0 Å². The maximum atomic E-state index is 6.33. The number of fused-ring (bicyclic) bond motifs is 1. The standard InChI is InChI=1S/C15H15NS2/c1-10-7-17-9-13(10)14(16)6-11-8-18-15-5-3-2-4-12(11)15/h2-5,7-9,14H,6,16H2,1H3. The van der Waals surface area contributed by atoms with Crippen molar-refractivity contribution in [3.63, 3.8) is 0 Å². The summed E-state index contributed by atoms with van der Waals surface area (Å²) in [5.74, 6) is 0. The van der Waals surface area contributed by atoms with Crippen molar-refractivity contribution in [2.75, 3.05) is 0 Å². The van der Waals surface area contributed by atoms with Gasteiger partial charge in [-0.2, -0.15) is 11.3 Å². The van der Waals surface area contributed by atoms with Crippen molar-refractivity contribution in [1.29, 1.82) is 0 Å². The highest BCUT2D eigenvalue weighted by Crippen LogP contribution is 2.30. The van der Waals surface area contributed by atoms with E-state index in [1.807, 2.05) is 0 Å². The molecular formula is C15H15NS2. The third kappa shape index (κ3) is 2.09. The van der Waals surface area contributed by atoms with Gasteiger partial charge in [0, 0.05) is 10.7 Å². The van der Waals surface area contributed by atoms with Gasteiger partial charge >= 0.3 is 0 Å². The topological polar surface area (TPSA) is 26.0 Å². The van der Waals surface area contributed by atoms with Crippen molar-refractivity contribution in [2.24, 2.45) is 5.73 Å². The first-order chi connectivity index (χ1) is 8.75. The molecule has 2 aromatic heterocycles. The fourth-order valence-electron chi connectivity index (χ4n) is 2.29. The Hall–Kier alpha value is -1.16. The number of rotatable bonds is 3. The normalized spacial score (nSPS) is 13.0. The number of hydrogen-bond acceptors (Lipinski definition) is 3. The molecule has 3 rings (SSSR count). The van der Waals surface area contributed by atoms with Gasteiger partial charge in [-0.15, -0.1) is 11.3 Å². The molecule has 92 valence electrons. The van der Waals surface area contributed by atoms with Crippen LogP contribution in [0.5, 0.6) is 0 Å². The van der Waals surface area contributed by atoms with Crippen molar-refractivity contribution in [3.8, 4) is 0 Å². The smallest absolute Gasteiger partial charge is 0.0347 e. The molecule has 2 N–H and O–H groups in total. The highest BCUT2D eigenvalue weighted by molar-refractivity contribution is 7.17. The first kappa shape index (κ1) is 11.9. The predicted octanol–water partition coefficient (Wildman–Crippen LogP) is 4.51. The molecular weight excluding hydrogens is 258 g/mol. The van der Waals surface area contributed by atoms with Crippen LogP contribution in [0.1, 0.15) is 22.7 Å².